The monoisotopic (exact) mass is 284 g/mol. The molecule has 106 valence electrons. The molecule has 7 nitrogen and oxygen atoms in total. The van der Waals surface area contributed by atoms with Gasteiger partial charge in [0, 0.05) is 5.56 Å². The van der Waals surface area contributed by atoms with Crippen molar-refractivity contribution in [1.29, 1.82) is 0 Å². The second-order valence-corrected chi connectivity index (χ2v) is 4.34. The van der Waals surface area contributed by atoms with Gasteiger partial charge >= 0.3 is 0 Å². The average Bonchev–Trinajstić information content (AvgIpc) is 3.15. The predicted octanol–water partition coefficient (Wildman–Crippen LogP) is 1.12. The standard InChI is InChI=1S/C14H12N4O3/c15-14(20)9-3-5-10(6-4-9)18-13(11(8-19)16-17-18)12-2-1-7-21-12/h1-7,19H,8H2,(H2,15,20). The van der Waals surface area contributed by atoms with Crippen molar-refractivity contribution in [1.82, 2.24) is 15.0 Å². The van der Waals surface area contributed by atoms with Gasteiger partial charge in [-0.15, -0.1) is 5.10 Å². The molecule has 0 aliphatic heterocycles. The summed E-state index contributed by atoms with van der Waals surface area (Å²) in [6.07, 6.45) is 1.53. The van der Waals surface area contributed by atoms with Crippen molar-refractivity contribution in [2.75, 3.05) is 0 Å². The molecular weight excluding hydrogens is 272 g/mol. The van der Waals surface area contributed by atoms with Gasteiger partial charge in [0.15, 0.2) is 5.76 Å². The first kappa shape index (κ1) is 13.1. The van der Waals surface area contributed by atoms with Crippen LogP contribution in [-0.2, 0) is 6.61 Å². The Balaban J connectivity index is 2.10. The van der Waals surface area contributed by atoms with Crippen molar-refractivity contribution >= 4 is 5.91 Å². The Kier molecular flexibility index (Phi) is 3.25. The lowest BCUT2D eigenvalue weighted by Gasteiger charge is -2.06. The van der Waals surface area contributed by atoms with Crippen LogP contribution in [0.1, 0.15) is 16.1 Å². The summed E-state index contributed by atoms with van der Waals surface area (Å²) < 4.78 is 6.90. The third kappa shape index (κ3) is 2.30. The number of carbonyl (C=O) groups is 1. The fourth-order valence-electron chi connectivity index (χ4n) is 2.03. The predicted molar refractivity (Wildman–Crippen MR) is 73.5 cm³/mol. The van der Waals surface area contributed by atoms with Crippen LogP contribution in [0, 0.1) is 0 Å². The van der Waals surface area contributed by atoms with Crippen LogP contribution in [0.4, 0.5) is 0 Å². The third-order valence-electron chi connectivity index (χ3n) is 3.04. The smallest absolute Gasteiger partial charge is 0.248 e. The molecule has 2 heterocycles. The summed E-state index contributed by atoms with van der Waals surface area (Å²) in [5, 5.41) is 17.3. The van der Waals surface area contributed by atoms with Gasteiger partial charge in [-0.1, -0.05) is 5.21 Å². The van der Waals surface area contributed by atoms with E-state index in [2.05, 4.69) is 10.3 Å². The Morgan fingerprint density at radius 2 is 2.05 bits per heavy atom. The Hall–Kier alpha value is -2.93. The number of primary amides is 1. The number of aliphatic hydroxyl groups is 1. The maximum atomic E-state index is 11.1. The van der Waals surface area contributed by atoms with E-state index in [4.69, 9.17) is 10.2 Å². The average molecular weight is 284 g/mol. The Morgan fingerprint density at radius 3 is 2.62 bits per heavy atom. The number of hydrogen-bond donors (Lipinski definition) is 2. The molecule has 0 aliphatic rings. The largest absolute Gasteiger partial charge is 0.463 e. The highest BCUT2D eigenvalue weighted by molar-refractivity contribution is 5.92. The van der Waals surface area contributed by atoms with Gasteiger partial charge in [0.05, 0.1) is 18.6 Å². The molecule has 21 heavy (non-hydrogen) atoms. The molecule has 0 radical (unpaired) electrons. The summed E-state index contributed by atoms with van der Waals surface area (Å²) in [7, 11) is 0. The molecule has 0 atom stereocenters. The Morgan fingerprint density at radius 1 is 1.29 bits per heavy atom. The highest BCUT2D eigenvalue weighted by atomic mass is 16.3. The number of benzene rings is 1. The summed E-state index contributed by atoms with van der Waals surface area (Å²) in [6, 6.07) is 10.1. The van der Waals surface area contributed by atoms with E-state index in [-0.39, 0.29) is 6.61 Å². The number of amides is 1. The second kappa shape index (κ2) is 5.22. The molecule has 3 N–H and O–H groups in total. The fourth-order valence-corrected chi connectivity index (χ4v) is 2.03. The summed E-state index contributed by atoms with van der Waals surface area (Å²) in [5.41, 5.74) is 7.27. The molecule has 3 rings (SSSR count). The summed E-state index contributed by atoms with van der Waals surface area (Å²) in [4.78, 5) is 11.1. The van der Waals surface area contributed by atoms with E-state index >= 15 is 0 Å². The lowest BCUT2D eigenvalue weighted by Crippen LogP contribution is -2.11. The normalized spacial score (nSPS) is 10.7. The Labute approximate surface area is 119 Å². The van der Waals surface area contributed by atoms with Gasteiger partial charge in [-0.05, 0) is 36.4 Å². The topological polar surface area (TPSA) is 107 Å². The number of rotatable bonds is 4. The summed E-state index contributed by atoms with van der Waals surface area (Å²) >= 11 is 0. The lowest BCUT2D eigenvalue weighted by molar-refractivity contribution is 0.100. The molecule has 2 aromatic heterocycles. The zero-order chi connectivity index (χ0) is 14.8. The van der Waals surface area contributed by atoms with Gasteiger partial charge in [0.1, 0.15) is 11.4 Å². The molecule has 0 fully saturated rings. The van der Waals surface area contributed by atoms with Gasteiger partial charge in [-0.3, -0.25) is 4.79 Å². The van der Waals surface area contributed by atoms with Gasteiger partial charge in [0.2, 0.25) is 5.91 Å². The number of nitrogens with zero attached hydrogens (tertiary/aromatic N) is 3. The maximum absolute atomic E-state index is 11.1. The van der Waals surface area contributed by atoms with E-state index in [9.17, 15) is 9.90 Å². The van der Waals surface area contributed by atoms with Crippen LogP contribution < -0.4 is 5.73 Å². The van der Waals surface area contributed by atoms with Crippen LogP contribution in [0.25, 0.3) is 17.1 Å². The molecule has 1 aromatic carbocycles. The molecule has 0 saturated carbocycles. The van der Waals surface area contributed by atoms with Crippen molar-refractivity contribution in [2.24, 2.45) is 5.73 Å². The van der Waals surface area contributed by atoms with E-state index in [1.807, 2.05) is 0 Å². The lowest BCUT2D eigenvalue weighted by atomic mass is 10.2. The van der Waals surface area contributed by atoms with E-state index in [0.717, 1.165) is 0 Å². The zero-order valence-electron chi connectivity index (χ0n) is 10.9. The van der Waals surface area contributed by atoms with Crippen LogP contribution >= 0.6 is 0 Å². The quantitative estimate of drug-likeness (QED) is 0.746. The van der Waals surface area contributed by atoms with Crippen molar-refractivity contribution in [3.8, 4) is 17.1 Å². The van der Waals surface area contributed by atoms with Gasteiger partial charge in [-0.2, -0.15) is 0 Å². The first-order chi connectivity index (χ1) is 10.2. The van der Waals surface area contributed by atoms with Crippen LogP contribution in [0.2, 0.25) is 0 Å². The van der Waals surface area contributed by atoms with Crippen molar-refractivity contribution in [3.05, 3.63) is 53.9 Å². The first-order valence-corrected chi connectivity index (χ1v) is 6.20. The first-order valence-electron chi connectivity index (χ1n) is 6.20. The summed E-state index contributed by atoms with van der Waals surface area (Å²) in [6.45, 7) is -0.255. The van der Waals surface area contributed by atoms with E-state index < -0.39 is 5.91 Å². The maximum Gasteiger partial charge on any atom is 0.248 e. The molecule has 7 heteroatoms. The van der Waals surface area contributed by atoms with Gasteiger partial charge in [-0.25, -0.2) is 4.68 Å². The number of furan rings is 1. The third-order valence-corrected chi connectivity index (χ3v) is 3.04. The minimum Gasteiger partial charge on any atom is -0.463 e. The molecule has 0 saturated heterocycles. The molecule has 0 aliphatic carbocycles. The van der Waals surface area contributed by atoms with Crippen LogP contribution in [-0.4, -0.2) is 26.0 Å². The minimum atomic E-state index is -0.498. The number of nitrogens with two attached hydrogens (primary N) is 1. The van der Waals surface area contributed by atoms with E-state index in [1.165, 1.54) is 10.9 Å². The Bertz CT molecular complexity index is 760. The number of aromatic nitrogens is 3. The molecular formula is C14H12N4O3. The molecule has 0 spiro atoms. The van der Waals surface area contributed by atoms with E-state index in [0.29, 0.717) is 28.4 Å². The van der Waals surface area contributed by atoms with Crippen LogP contribution in [0.3, 0.4) is 0 Å². The minimum absolute atomic E-state index is 0.255. The molecule has 0 unspecified atom stereocenters. The van der Waals surface area contributed by atoms with Crippen LogP contribution in [0.5, 0.6) is 0 Å². The molecule has 3 aromatic rings. The highest BCUT2D eigenvalue weighted by Crippen LogP contribution is 2.25. The number of hydrogen-bond acceptors (Lipinski definition) is 5. The van der Waals surface area contributed by atoms with Crippen molar-refractivity contribution in [3.63, 3.8) is 0 Å². The SMILES string of the molecule is NC(=O)c1ccc(-n2nnc(CO)c2-c2ccco2)cc1. The van der Waals surface area contributed by atoms with E-state index in [1.54, 1.807) is 36.4 Å². The number of aliphatic hydroxyl groups excluding tert-OH is 1. The van der Waals surface area contributed by atoms with Crippen molar-refractivity contribution in [2.45, 2.75) is 6.61 Å². The second-order valence-electron chi connectivity index (χ2n) is 4.34. The van der Waals surface area contributed by atoms with Crippen LogP contribution in [0.15, 0.2) is 47.1 Å². The van der Waals surface area contributed by atoms with Crippen molar-refractivity contribution < 1.29 is 14.3 Å². The zero-order valence-corrected chi connectivity index (χ0v) is 10.9. The molecule has 1 amide bonds. The van der Waals surface area contributed by atoms with Gasteiger partial charge in [0.25, 0.3) is 0 Å². The highest BCUT2D eigenvalue weighted by Gasteiger charge is 2.18. The fraction of sp³-hybridized carbons (Fsp3) is 0.0714. The molecule has 0 bridgehead atoms. The summed E-state index contributed by atoms with van der Waals surface area (Å²) in [5.74, 6) is 0.0467. The van der Waals surface area contributed by atoms with Gasteiger partial charge < -0.3 is 15.3 Å². The number of carbonyl (C=O) groups excluding carboxylic acids is 1.